The van der Waals surface area contributed by atoms with Crippen LogP contribution in [-0.4, -0.2) is 11.6 Å². The molecular formula is C12H8F2NO. The Morgan fingerprint density at radius 1 is 1.06 bits per heavy atom. The molecule has 1 heterocycles. The topological polar surface area (TPSA) is 22.1 Å². The maximum atomic E-state index is 11.9. The molecule has 0 saturated heterocycles. The van der Waals surface area contributed by atoms with E-state index in [9.17, 15) is 8.78 Å². The fourth-order valence-corrected chi connectivity index (χ4v) is 1.32. The number of rotatable bonds is 3. The van der Waals surface area contributed by atoms with Crippen molar-refractivity contribution in [2.45, 2.75) is 6.61 Å². The predicted molar refractivity (Wildman–Crippen MR) is 55.1 cm³/mol. The van der Waals surface area contributed by atoms with Gasteiger partial charge in [-0.05, 0) is 35.4 Å². The lowest BCUT2D eigenvalue weighted by Gasteiger charge is -2.05. The molecular weight excluding hydrogens is 212 g/mol. The van der Waals surface area contributed by atoms with Crippen molar-refractivity contribution in [2.24, 2.45) is 0 Å². The smallest absolute Gasteiger partial charge is 0.387 e. The molecule has 0 amide bonds. The Labute approximate surface area is 91.5 Å². The summed E-state index contributed by atoms with van der Waals surface area (Å²) in [6.45, 7) is -2.79. The van der Waals surface area contributed by atoms with Crippen molar-refractivity contribution in [3.8, 4) is 16.9 Å². The van der Waals surface area contributed by atoms with Crippen molar-refractivity contribution in [1.82, 2.24) is 4.98 Å². The Bertz CT molecular complexity index is 442. The second-order valence-corrected chi connectivity index (χ2v) is 3.08. The maximum Gasteiger partial charge on any atom is 0.387 e. The third-order valence-electron chi connectivity index (χ3n) is 2.04. The summed E-state index contributed by atoms with van der Waals surface area (Å²) >= 11 is 0. The Kier molecular flexibility index (Phi) is 3.10. The molecule has 0 saturated carbocycles. The molecule has 0 aliphatic carbocycles. The van der Waals surface area contributed by atoms with Gasteiger partial charge < -0.3 is 4.74 Å². The van der Waals surface area contributed by atoms with Crippen LogP contribution in [0.4, 0.5) is 8.78 Å². The monoisotopic (exact) mass is 220 g/mol. The zero-order chi connectivity index (χ0) is 11.4. The number of ether oxygens (including phenoxy) is 1. The molecule has 0 aliphatic heterocycles. The minimum Gasteiger partial charge on any atom is -0.435 e. The summed E-state index contributed by atoms with van der Waals surface area (Å²) < 4.78 is 28.1. The quantitative estimate of drug-likeness (QED) is 0.792. The molecule has 4 heteroatoms. The molecule has 0 atom stereocenters. The zero-order valence-corrected chi connectivity index (χ0v) is 8.23. The molecule has 0 fully saturated rings. The van der Waals surface area contributed by atoms with Gasteiger partial charge in [0.2, 0.25) is 0 Å². The summed E-state index contributed by atoms with van der Waals surface area (Å²) in [6.07, 6.45) is 4.33. The molecule has 1 aromatic carbocycles. The van der Waals surface area contributed by atoms with Crippen molar-refractivity contribution >= 4 is 0 Å². The van der Waals surface area contributed by atoms with Gasteiger partial charge in [-0.3, -0.25) is 4.98 Å². The highest BCUT2D eigenvalue weighted by atomic mass is 19.3. The Balaban J connectivity index is 2.20. The van der Waals surface area contributed by atoms with Crippen LogP contribution in [-0.2, 0) is 0 Å². The summed E-state index contributed by atoms with van der Waals surface area (Å²) in [5.74, 6) is 0.150. The van der Waals surface area contributed by atoms with Gasteiger partial charge in [0.05, 0.1) is 6.20 Å². The maximum absolute atomic E-state index is 11.9. The van der Waals surface area contributed by atoms with Gasteiger partial charge in [0.25, 0.3) is 0 Å². The Morgan fingerprint density at radius 3 is 2.38 bits per heavy atom. The van der Waals surface area contributed by atoms with E-state index in [0.29, 0.717) is 0 Å². The molecule has 2 aromatic rings. The number of hydrogen-bond donors (Lipinski definition) is 0. The van der Waals surface area contributed by atoms with Gasteiger partial charge in [-0.2, -0.15) is 8.78 Å². The Hall–Kier alpha value is -1.97. The van der Waals surface area contributed by atoms with Crippen LogP contribution in [0, 0.1) is 6.20 Å². The summed E-state index contributed by atoms with van der Waals surface area (Å²) in [5, 5.41) is 0. The molecule has 1 aromatic heterocycles. The van der Waals surface area contributed by atoms with Crippen molar-refractivity contribution in [3.63, 3.8) is 0 Å². The van der Waals surface area contributed by atoms with Gasteiger partial charge in [-0.25, -0.2) is 0 Å². The molecule has 16 heavy (non-hydrogen) atoms. The first-order chi connectivity index (χ1) is 7.75. The number of alkyl halides is 2. The van der Waals surface area contributed by atoms with Crippen molar-refractivity contribution < 1.29 is 13.5 Å². The minimum atomic E-state index is -2.79. The fourth-order valence-electron chi connectivity index (χ4n) is 1.32. The Morgan fingerprint density at radius 2 is 1.81 bits per heavy atom. The van der Waals surface area contributed by atoms with E-state index < -0.39 is 6.61 Å². The summed E-state index contributed by atoms with van der Waals surface area (Å²) in [5.41, 5.74) is 1.83. The number of aromatic nitrogens is 1. The fraction of sp³-hybridized carbons (Fsp3) is 0.0833. The molecule has 0 bridgehead atoms. The first-order valence-corrected chi connectivity index (χ1v) is 4.63. The van der Waals surface area contributed by atoms with E-state index in [1.807, 2.05) is 6.07 Å². The molecule has 1 radical (unpaired) electrons. The van der Waals surface area contributed by atoms with Crippen LogP contribution in [0.1, 0.15) is 0 Å². The first kappa shape index (κ1) is 10.5. The number of nitrogens with zero attached hydrogens (tertiary/aromatic N) is 1. The van der Waals surface area contributed by atoms with E-state index in [0.717, 1.165) is 11.1 Å². The van der Waals surface area contributed by atoms with E-state index in [4.69, 9.17) is 0 Å². The van der Waals surface area contributed by atoms with Gasteiger partial charge in [0, 0.05) is 6.20 Å². The molecule has 0 aliphatic rings. The third-order valence-corrected chi connectivity index (χ3v) is 2.04. The normalized spacial score (nSPS) is 10.4. The molecule has 2 nitrogen and oxygen atoms in total. The van der Waals surface area contributed by atoms with E-state index in [1.54, 1.807) is 24.4 Å². The van der Waals surface area contributed by atoms with Gasteiger partial charge in [0.1, 0.15) is 5.75 Å². The van der Waals surface area contributed by atoms with Gasteiger partial charge in [0.15, 0.2) is 0 Å². The minimum absolute atomic E-state index is 0.150. The van der Waals surface area contributed by atoms with Crippen LogP contribution in [0.3, 0.4) is 0 Å². The second-order valence-electron chi connectivity index (χ2n) is 3.08. The summed E-state index contributed by atoms with van der Waals surface area (Å²) in [4.78, 5) is 3.78. The van der Waals surface area contributed by atoms with Crippen LogP contribution in [0.5, 0.6) is 5.75 Å². The zero-order valence-electron chi connectivity index (χ0n) is 8.23. The highest BCUT2D eigenvalue weighted by Gasteiger charge is 2.04. The SMILES string of the molecule is FC(F)Oc1ccc(-c2c[c]ncc2)cc1. The van der Waals surface area contributed by atoms with E-state index in [2.05, 4.69) is 15.9 Å². The molecule has 0 spiro atoms. The number of pyridine rings is 1. The molecule has 0 N–H and O–H groups in total. The lowest BCUT2D eigenvalue weighted by Crippen LogP contribution is -2.01. The average molecular weight is 220 g/mol. The van der Waals surface area contributed by atoms with Crippen LogP contribution in [0.25, 0.3) is 11.1 Å². The van der Waals surface area contributed by atoms with E-state index in [1.165, 1.54) is 12.1 Å². The number of benzene rings is 1. The second kappa shape index (κ2) is 4.70. The van der Waals surface area contributed by atoms with Crippen LogP contribution in [0.15, 0.2) is 42.6 Å². The standard InChI is InChI=1S/C12H8F2NO/c13-12(14)16-11-3-1-9(2-4-11)10-5-7-15-8-6-10/h1-7,12H. The average Bonchev–Trinajstić information content (AvgIpc) is 2.30. The van der Waals surface area contributed by atoms with Crippen LogP contribution in [0.2, 0.25) is 0 Å². The summed E-state index contributed by atoms with van der Waals surface area (Å²) in [7, 11) is 0. The van der Waals surface area contributed by atoms with Gasteiger partial charge >= 0.3 is 6.61 Å². The summed E-state index contributed by atoms with van der Waals surface area (Å²) in [6, 6.07) is 9.97. The number of hydrogen-bond acceptors (Lipinski definition) is 2. The lowest BCUT2D eigenvalue weighted by atomic mass is 10.1. The van der Waals surface area contributed by atoms with E-state index in [-0.39, 0.29) is 5.75 Å². The highest BCUT2D eigenvalue weighted by Crippen LogP contribution is 2.22. The van der Waals surface area contributed by atoms with Crippen molar-refractivity contribution in [1.29, 1.82) is 0 Å². The molecule has 0 unspecified atom stereocenters. The molecule has 81 valence electrons. The predicted octanol–water partition coefficient (Wildman–Crippen LogP) is 3.15. The van der Waals surface area contributed by atoms with Gasteiger partial charge in [-0.1, -0.05) is 12.1 Å². The highest BCUT2D eigenvalue weighted by molar-refractivity contribution is 5.63. The largest absolute Gasteiger partial charge is 0.435 e. The van der Waals surface area contributed by atoms with Crippen molar-refractivity contribution in [2.75, 3.05) is 0 Å². The lowest BCUT2D eigenvalue weighted by molar-refractivity contribution is -0.0498. The van der Waals surface area contributed by atoms with Crippen LogP contribution >= 0.6 is 0 Å². The first-order valence-electron chi connectivity index (χ1n) is 4.63. The number of halogens is 2. The van der Waals surface area contributed by atoms with E-state index >= 15 is 0 Å². The van der Waals surface area contributed by atoms with Crippen LogP contribution < -0.4 is 4.74 Å². The third kappa shape index (κ3) is 2.53. The van der Waals surface area contributed by atoms with Crippen molar-refractivity contribution in [3.05, 3.63) is 48.8 Å². The van der Waals surface area contributed by atoms with Gasteiger partial charge in [-0.15, -0.1) is 0 Å². The molecule has 2 rings (SSSR count).